The van der Waals surface area contributed by atoms with Crippen LogP contribution < -0.4 is 0 Å². The lowest BCUT2D eigenvalue weighted by Crippen LogP contribution is -2.28. The number of nitrogens with zero attached hydrogens (tertiary/aromatic N) is 6. The van der Waals surface area contributed by atoms with Crippen LogP contribution in [0.1, 0.15) is 56.8 Å². The SMILES string of the molecule is O=C(CCn1nnc2cc(-c3noc(C4CCCC4)n3)ccc21)N1CCCC1. The van der Waals surface area contributed by atoms with E-state index in [-0.39, 0.29) is 5.91 Å². The average molecular weight is 380 g/mol. The lowest BCUT2D eigenvalue weighted by Gasteiger charge is -2.14. The van der Waals surface area contributed by atoms with Crippen molar-refractivity contribution in [2.75, 3.05) is 13.1 Å². The number of benzene rings is 1. The van der Waals surface area contributed by atoms with Gasteiger partial charge in [-0.25, -0.2) is 4.68 Å². The molecule has 28 heavy (non-hydrogen) atoms. The number of rotatable bonds is 5. The van der Waals surface area contributed by atoms with E-state index in [1.807, 2.05) is 23.1 Å². The molecule has 2 aliphatic rings. The Morgan fingerprint density at radius 3 is 2.79 bits per heavy atom. The number of carbonyl (C=O) groups excluding carboxylic acids is 1. The summed E-state index contributed by atoms with van der Waals surface area (Å²) in [6.07, 6.45) is 7.40. The molecule has 2 fully saturated rings. The maximum absolute atomic E-state index is 12.3. The third-order valence-corrected chi connectivity index (χ3v) is 5.91. The number of fused-ring (bicyclic) bond motifs is 1. The van der Waals surface area contributed by atoms with Crippen molar-refractivity contribution in [3.8, 4) is 11.4 Å². The predicted molar refractivity (Wildman–Crippen MR) is 102 cm³/mol. The van der Waals surface area contributed by atoms with Crippen LogP contribution in [0.3, 0.4) is 0 Å². The second-order valence-electron chi connectivity index (χ2n) is 7.79. The molecule has 2 aromatic heterocycles. The zero-order chi connectivity index (χ0) is 18.9. The summed E-state index contributed by atoms with van der Waals surface area (Å²) in [4.78, 5) is 18.8. The Bertz CT molecular complexity index is 982. The van der Waals surface area contributed by atoms with Gasteiger partial charge in [0.25, 0.3) is 0 Å². The van der Waals surface area contributed by atoms with Crippen molar-refractivity contribution in [2.45, 2.75) is 57.4 Å². The molecule has 1 saturated heterocycles. The van der Waals surface area contributed by atoms with Gasteiger partial charge in [0.1, 0.15) is 5.52 Å². The highest BCUT2D eigenvalue weighted by molar-refractivity contribution is 5.80. The van der Waals surface area contributed by atoms with Crippen molar-refractivity contribution < 1.29 is 9.32 Å². The topological polar surface area (TPSA) is 89.9 Å². The van der Waals surface area contributed by atoms with Crippen LogP contribution in [0.25, 0.3) is 22.4 Å². The quantitative estimate of drug-likeness (QED) is 0.675. The van der Waals surface area contributed by atoms with Gasteiger partial charge in [-0.2, -0.15) is 4.98 Å². The normalized spacial score (nSPS) is 17.8. The predicted octanol–water partition coefficient (Wildman–Crippen LogP) is 3.15. The van der Waals surface area contributed by atoms with Crippen molar-refractivity contribution in [3.05, 3.63) is 24.1 Å². The van der Waals surface area contributed by atoms with E-state index >= 15 is 0 Å². The number of aryl methyl sites for hydroxylation is 1. The number of hydrogen-bond acceptors (Lipinski definition) is 6. The smallest absolute Gasteiger partial charge is 0.230 e. The fraction of sp³-hybridized carbons (Fsp3) is 0.550. The monoisotopic (exact) mass is 380 g/mol. The van der Waals surface area contributed by atoms with Crippen LogP contribution in [0.4, 0.5) is 0 Å². The summed E-state index contributed by atoms with van der Waals surface area (Å²) in [5, 5.41) is 12.7. The zero-order valence-corrected chi connectivity index (χ0v) is 15.9. The van der Waals surface area contributed by atoms with Crippen LogP contribution in [0.2, 0.25) is 0 Å². The molecule has 0 unspecified atom stereocenters. The summed E-state index contributed by atoms with van der Waals surface area (Å²) in [6, 6.07) is 5.87. The molecule has 0 atom stereocenters. The van der Waals surface area contributed by atoms with Gasteiger partial charge in [-0.3, -0.25) is 4.79 Å². The van der Waals surface area contributed by atoms with Crippen LogP contribution in [0, 0.1) is 0 Å². The second-order valence-corrected chi connectivity index (χ2v) is 7.79. The summed E-state index contributed by atoms with van der Waals surface area (Å²) in [6.45, 7) is 2.31. The molecular weight excluding hydrogens is 356 g/mol. The van der Waals surface area contributed by atoms with Gasteiger partial charge in [0, 0.05) is 31.0 Å². The molecule has 5 rings (SSSR count). The van der Waals surface area contributed by atoms with Gasteiger partial charge in [-0.15, -0.1) is 5.10 Å². The molecule has 3 heterocycles. The van der Waals surface area contributed by atoms with Crippen molar-refractivity contribution >= 4 is 16.9 Å². The third-order valence-electron chi connectivity index (χ3n) is 5.91. The number of aromatic nitrogens is 5. The van der Waals surface area contributed by atoms with Gasteiger partial charge in [-0.05, 0) is 43.9 Å². The van der Waals surface area contributed by atoms with E-state index in [2.05, 4.69) is 20.5 Å². The highest BCUT2D eigenvalue weighted by Gasteiger charge is 2.23. The summed E-state index contributed by atoms with van der Waals surface area (Å²) >= 11 is 0. The van der Waals surface area contributed by atoms with E-state index in [9.17, 15) is 4.79 Å². The van der Waals surface area contributed by atoms with E-state index in [0.29, 0.717) is 24.7 Å². The van der Waals surface area contributed by atoms with E-state index in [1.165, 1.54) is 12.8 Å². The molecule has 1 amide bonds. The highest BCUT2D eigenvalue weighted by atomic mass is 16.5. The van der Waals surface area contributed by atoms with Gasteiger partial charge >= 0.3 is 0 Å². The van der Waals surface area contributed by atoms with Crippen LogP contribution in [-0.4, -0.2) is 49.0 Å². The molecule has 0 bridgehead atoms. The molecule has 146 valence electrons. The molecule has 3 aromatic rings. The Hall–Kier alpha value is -2.77. The molecule has 1 aliphatic carbocycles. The van der Waals surface area contributed by atoms with Gasteiger partial charge in [0.2, 0.25) is 17.6 Å². The standard InChI is InChI=1S/C20H24N6O2/c27-18(25-10-3-4-11-25)9-12-26-17-8-7-15(13-16(17)22-24-26)19-21-20(28-23-19)14-5-1-2-6-14/h7-8,13-14H,1-6,9-12H2. The van der Waals surface area contributed by atoms with Gasteiger partial charge < -0.3 is 9.42 Å². The van der Waals surface area contributed by atoms with Crippen molar-refractivity contribution in [2.24, 2.45) is 0 Å². The first-order chi connectivity index (χ1) is 13.8. The fourth-order valence-corrected chi connectivity index (χ4v) is 4.29. The second kappa shape index (κ2) is 7.33. The Morgan fingerprint density at radius 2 is 1.96 bits per heavy atom. The Kier molecular flexibility index (Phi) is 4.54. The first-order valence-corrected chi connectivity index (χ1v) is 10.2. The van der Waals surface area contributed by atoms with Crippen molar-refractivity contribution in [3.63, 3.8) is 0 Å². The van der Waals surface area contributed by atoms with Gasteiger partial charge in [0.05, 0.1) is 12.1 Å². The van der Waals surface area contributed by atoms with Crippen LogP contribution in [0.5, 0.6) is 0 Å². The minimum absolute atomic E-state index is 0.198. The lowest BCUT2D eigenvalue weighted by molar-refractivity contribution is -0.130. The minimum Gasteiger partial charge on any atom is -0.343 e. The molecule has 1 aliphatic heterocycles. The Balaban J connectivity index is 1.31. The first kappa shape index (κ1) is 17.3. The molecule has 8 heteroatoms. The molecule has 1 aromatic carbocycles. The number of likely N-dealkylation sites (tertiary alicyclic amines) is 1. The average Bonchev–Trinajstić information content (AvgIpc) is 3.51. The first-order valence-electron chi connectivity index (χ1n) is 10.2. The van der Waals surface area contributed by atoms with Gasteiger partial charge in [-0.1, -0.05) is 23.2 Å². The number of carbonyl (C=O) groups is 1. The molecule has 8 nitrogen and oxygen atoms in total. The summed E-state index contributed by atoms with van der Waals surface area (Å²) in [7, 11) is 0. The van der Waals surface area contributed by atoms with Crippen molar-refractivity contribution in [1.29, 1.82) is 0 Å². The Morgan fingerprint density at radius 1 is 1.14 bits per heavy atom. The Labute approximate surface area is 162 Å². The molecule has 0 radical (unpaired) electrons. The zero-order valence-electron chi connectivity index (χ0n) is 15.9. The van der Waals surface area contributed by atoms with E-state index in [1.54, 1.807) is 4.68 Å². The highest BCUT2D eigenvalue weighted by Crippen LogP contribution is 2.34. The van der Waals surface area contributed by atoms with Gasteiger partial charge in [0.15, 0.2) is 0 Å². The van der Waals surface area contributed by atoms with Crippen LogP contribution in [0.15, 0.2) is 22.7 Å². The number of hydrogen-bond donors (Lipinski definition) is 0. The van der Waals surface area contributed by atoms with Crippen molar-refractivity contribution in [1.82, 2.24) is 30.0 Å². The molecule has 0 N–H and O–H groups in total. The molecule has 1 saturated carbocycles. The van der Waals surface area contributed by atoms with E-state index < -0.39 is 0 Å². The summed E-state index contributed by atoms with van der Waals surface area (Å²) in [5.74, 6) is 1.95. The third kappa shape index (κ3) is 3.27. The molecular formula is C20H24N6O2. The largest absolute Gasteiger partial charge is 0.343 e. The maximum Gasteiger partial charge on any atom is 0.230 e. The molecule has 0 spiro atoms. The fourth-order valence-electron chi connectivity index (χ4n) is 4.29. The minimum atomic E-state index is 0.198. The summed E-state index contributed by atoms with van der Waals surface area (Å²) < 4.78 is 7.29. The summed E-state index contributed by atoms with van der Waals surface area (Å²) in [5.41, 5.74) is 2.57. The van der Waals surface area contributed by atoms with Crippen LogP contribution in [-0.2, 0) is 11.3 Å². The lowest BCUT2D eigenvalue weighted by atomic mass is 10.1. The van der Waals surface area contributed by atoms with Crippen LogP contribution >= 0.6 is 0 Å². The number of amides is 1. The maximum atomic E-state index is 12.3. The van der Waals surface area contributed by atoms with E-state index in [4.69, 9.17) is 4.52 Å². The van der Waals surface area contributed by atoms with E-state index in [0.717, 1.165) is 61.3 Å².